The summed E-state index contributed by atoms with van der Waals surface area (Å²) in [5.74, 6) is 0. The van der Waals surface area contributed by atoms with E-state index < -0.39 is 0 Å². The zero-order valence-corrected chi connectivity index (χ0v) is 11.0. The smallest absolute Gasteiger partial charge is 0.0497 e. The summed E-state index contributed by atoms with van der Waals surface area (Å²) < 4.78 is 0. The van der Waals surface area contributed by atoms with Crippen LogP contribution in [0.3, 0.4) is 0 Å². The largest absolute Gasteiger partial charge is 0.378 e. The van der Waals surface area contributed by atoms with E-state index in [0.717, 1.165) is 5.02 Å². The molecule has 0 aromatic heterocycles. The fraction of sp³-hybridized carbons (Fsp3) is 0.143. The highest BCUT2D eigenvalue weighted by Crippen LogP contribution is 2.42. The lowest BCUT2D eigenvalue weighted by Gasteiger charge is -2.15. The minimum atomic E-state index is 0.278. The number of halogens is 1. The summed E-state index contributed by atoms with van der Waals surface area (Å²) in [5, 5.41) is 4.32. The van der Waals surface area contributed by atoms with Crippen LogP contribution in [-0.4, -0.2) is 0 Å². The van der Waals surface area contributed by atoms with Crippen LogP contribution in [0, 0.1) is 0 Å². The van der Waals surface area contributed by atoms with Gasteiger partial charge >= 0.3 is 0 Å². The van der Waals surface area contributed by atoms with Crippen LogP contribution in [-0.2, 0) is 0 Å². The molecule has 0 saturated carbocycles. The van der Waals surface area contributed by atoms with Gasteiger partial charge in [-0.25, -0.2) is 0 Å². The number of fused-ring (bicyclic) bond motifs is 2. The molecule has 1 heterocycles. The van der Waals surface area contributed by atoms with E-state index in [1.807, 2.05) is 12.1 Å². The van der Waals surface area contributed by atoms with Crippen LogP contribution in [0.1, 0.15) is 18.5 Å². The lowest BCUT2D eigenvalue weighted by atomic mass is 10.1. The van der Waals surface area contributed by atoms with E-state index in [0.29, 0.717) is 0 Å². The summed E-state index contributed by atoms with van der Waals surface area (Å²) in [6, 6.07) is 14.8. The number of nitrogens with one attached hydrogen (secondary N) is 1. The molecule has 1 N–H and O–H groups in total. The molecule has 0 saturated heterocycles. The van der Waals surface area contributed by atoms with E-state index in [1.165, 1.54) is 21.0 Å². The first kappa shape index (κ1) is 11.0. The molecule has 1 aliphatic rings. The molecule has 0 amide bonds. The van der Waals surface area contributed by atoms with Gasteiger partial charge in [-0.05, 0) is 42.8 Å². The highest BCUT2D eigenvalue weighted by Gasteiger charge is 2.18. The molecule has 0 bridgehead atoms. The molecule has 0 fully saturated rings. The molecule has 3 heteroatoms. The van der Waals surface area contributed by atoms with Crippen LogP contribution in [0.2, 0.25) is 5.02 Å². The van der Waals surface area contributed by atoms with E-state index in [2.05, 4.69) is 42.6 Å². The molecule has 0 radical (unpaired) electrons. The normalized spacial score (nSPS) is 17.6. The average Bonchev–Trinajstić information content (AvgIpc) is 2.46. The second-order valence-corrected chi connectivity index (χ2v) is 5.67. The van der Waals surface area contributed by atoms with Crippen LogP contribution < -0.4 is 5.32 Å². The van der Waals surface area contributed by atoms with Crippen LogP contribution in [0.25, 0.3) is 0 Å². The zero-order chi connectivity index (χ0) is 11.8. The molecule has 1 atom stereocenters. The van der Waals surface area contributed by atoms with Crippen molar-refractivity contribution in [2.75, 3.05) is 5.32 Å². The van der Waals surface area contributed by atoms with Gasteiger partial charge in [-0.2, -0.15) is 0 Å². The minimum Gasteiger partial charge on any atom is -0.378 e. The summed E-state index contributed by atoms with van der Waals surface area (Å²) in [6.45, 7) is 2.16. The Bertz CT molecular complexity index is 568. The van der Waals surface area contributed by atoms with Crippen LogP contribution >= 0.6 is 23.4 Å². The van der Waals surface area contributed by atoms with Crippen LogP contribution in [0.4, 0.5) is 5.69 Å². The molecule has 17 heavy (non-hydrogen) atoms. The molecule has 2 aromatic carbocycles. The Morgan fingerprint density at radius 3 is 2.82 bits per heavy atom. The van der Waals surface area contributed by atoms with Gasteiger partial charge in [0.15, 0.2) is 0 Å². The maximum absolute atomic E-state index is 6.07. The maximum Gasteiger partial charge on any atom is 0.0497 e. The van der Waals surface area contributed by atoms with Gasteiger partial charge in [-0.1, -0.05) is 35.5 Å². The SMILES string of the molecule is C[C@H]1Nc2ccccc2Sc2ccc(Cl)cc21. The monoisotopic (exact) mass is 261 g/mol. The Kier molecular flexibility index (Phi) is 2.77. The fourth-order valence-corrected chi connectivity index (χ4v) is 3.35. The van der Waals surface area contributed by atoms with E-state index in [4.69, 9.17) is 11.6 Å². The highest BCUT2D eigenvalue weighted by atomic mass is 35.5. The van der Waals surface area contributed by atoms with Gasteiger partial charge in [0.1, 0.15) is 0 Å². The first-order valence-corrected chi connectivity index (χ1v) is 6.76. The van der Waals surface area contributed by atoms with E-state index >= 15 is 0 Å². The summed E-state index contributed by atoms with van der Waals surface area (Å²) in [6.07, 6.45) is 0. The summed E-state index contributed by atoms with van der Waals surface area (Å²) in [5.41, 5.74) is 2.45. The number of hydrogen-bond acceptors (Lipinski definition) is 2. The van der Waals surface area contributed by atoms with Gasteiger partial charge in [0.2, 0.25) is 0 Å². The van der Waals surface area contributed by atoms with Gasteiger partial charge in [0.05, 0.1) is 0 Å². The first-order valence-electron chi connectivity index (χ1n) is 5.57. The number of para-hydroxylation sites is 1. The Balaban J connectivity index is 2.14. The maximum atomic E-state index is 6.07. The Labute approximate surface area is 110 Å². The van der Waals surface area contributed by atoms with Gasteiger partial charge in [-0.15, -0.1) is 0 Å². The van der Waals surface area contributed by atoms with E-state index in [1.54, 1.807) is 11.8 Å². The molecule has 2 aromatic rings. The van der Waals surface area contributed by atoms with Crippen molar-refractivity contribution < 1.29 is 0 Å². The predicted molar refractivity (Wildman–Crippen MR) is 74.1 cm³/mol. The van der Waals surface area contributed by atoms with Crippen molar-refractivity contribution in [2.45, 2.75) is 22.8 Å². The van der Waals surface area contributed by atoms with Gasteiger partial charge in [0, 0.05) is 26.5 Å². The topological polar surface area (TPSA) is 12.0 Å². The summed E-state index contributed by atoms with van der Waals surface area (Å²) >= 11 is 7.86. The molecule has 1 aliphatic heterocycles. The average molecular weight is 262 g/mol. The van der Waals surface area contributed by atoms with Gasteiger partial charge in [-0.3, -0.25) is 0 Å². The molecule has 0 spiro atoms. The summed E-state index contributed by atoms with van der Waals surface area (Å²) in [4.78, 5) is 2.54. The standard InChI is InChI=1S/C14H12ClNS/c1-9-11-8-10(15)6-7-13(11)17-14-5-3-2-4-12(14)16-9/h2-9,16H,1H3/t9-/m1/s1. The molecular weight excluding hydrogens is 250 g/mol. The molecule has 1 nitrogen and oxygen atoms in total. The lowest BCUT2D eigenvalue weighted by Crippen LogP contribution is -2.05. The quantitative estimate of drug-likeness (QED) is 0.718. The van der Waals surface area contributed by atoms with Crippen molar-refractivity contribution in [1.29, 1.82) is 0 Å². The number of anilines is 1. The van der Waals surface area contributed by atoms with Crippen molar-refractivity contribution in [3.63, 3.8) is 0 Å². The molecule has 0 unspecified atom stereocenters. The van der Waals surface area contributed by atoms with Crippen molar-refractivity contribution in [3.05, 3.63) is 53.1 Å². The summed E-state index contributed by atoms with van der Waals surface area (Å²) in [7, 11) is 0. The number of benzene rings is 2. The first-order chi connectivity index (χ1) is 8.24. The third-order valence-corrected chi connectivity index (χ3v) is 4.32. The van der Waals surface area contributed by atoms with E-state index in [9.17, 15) is 0 Å². The third kappa shape index (κ3) is 2.03. The number of hydrogen-bond donors (Lipinski definition) is 1. The van der Waals surface area contributed by atoms with Crippen LogP contribution in [0.5, 0.6) is 0 Å². The lowest BCUT2D eigenvalue weighted by molar-refractivity contribution is 0.861. The molecule has 86 valence electrons. The fourth-order valence-electron chi connectivity index (χ4n) is 2.06. The van der Waals surface area contributed by atoms with Crippen LogP contribution in [0.15, 0.2) is 52.3 Å². The Hall–Kier alpha value is -1.12. The number of rotatable bonds is 0. The Morgan fingerprint density at radius 1 is 1.12 bits per heavy atom. The predicted octanol–water partition coefficient (Wildman–Crippen LogP) is 4.98. The third-order valence-electron chi connectivity index (χ3n) is 2.92. The minimum absolute atomic E-state index is 0.278. The van der Waals surface area contributed by atoms with Crippen molar-refractivity contribution in [2.24, 2.45) is 0 Å². The van der Waals surface area contributed by atoms with Crippen molar-refractivity contribution in [1.82, 2.24) is 0 Å². The van der Waals surface area contributed by atoms with Crippen molar-refractivity contribution in [3.8, 4) is 0 Å². The van der Waals surface area contributed by atoms with Gasteiger partial charge in [0.25, 0.3) is 0 Å². The zero-order valence-electron chi connectivity index (χ0n) is 9.41. The second kappa shape index (κ2) is 4.28. The van der Waals surface area contributed by atoms with E-state index in [-0.39, 0.29) is 6.04 Å². The van der Waals surface area contributed by atoms with Crippen molar-refractivity contribution >= 4 is 29.1 Å². The molecular formula is C14H12ClNS. The molecule has 3 rings (SSSR count). The molecule has 0 aliphatic carbocycles. The van der Waals surface area contributed by atoms with Gasteiger partial charge < -0.3 is 5.32 Å². The Morgan fingerprint density at radius 2 is 1.94 bits per heavy atom. The second-order valence-electron chi connectivity index (χ2n) is 4.15. The highest BCUT2D eigenvalue weighted by molar-refractivity contribution is 7.99.